The molecule has 1 rings (SSSR count). The van der Waals surface area contributed by atoms with E-state index < -0.39 is 0 Å². The van der Waals surface area contributed by atoms with Crippen LogP contribution < -0.4 is 5.73 Å². The Kier molecular flexibility index (Phi) is 2.87. The molecule has 0 aliphatic heterocycles. The molecule has 58 valence electrons. The molecule has 0 saturated carbocycles. The minimum Gasteiger partial charge on any atom is -0.326 e. The molecule has 0 amide bonds. The first kappa shape index (κ1) is 8.02. The molecular formula is C10H13N. The molecule has 0 atom stereocenters. The van der Waals surface area contributed by atoms with Gasteiger partial charge in [0.15, 0.2) is 0 Å². The second kappa shape index (κ2) is 3.94. The summed E-state index contributed by atoms with van der Waals surface area (Å²) in [5.74, 6) is 0. The number of hydrogen-bond donors (Lipinski definition) is 1. The lowest BCUT2D eigenvalue weighted by Crippen LogP contribution is -2.01. The Morgan fingerprint density at radius 2 is 2.00 bits per heavy atom. The van der Waals surface area contributed by atoms with E-state index in [1.54, 1.807) is 0 Å². The number of rotatable bonds is 2. The summed E-state index contributed by atoms with van der Waals surface area (Å²) in [6.45, 7) is 2.62. The Bertz CT molecular complexity index is 236. The first-order valence-electron chi connectivity index (χ1n) is 3.79. The average molecular weight is 147 g/mol. The lowest BCUT2D eigenvalue weighted by molar-refractivity contribution is 1.26. The van der Waals surface area contributed by atoms with E-state index in [2.05, 4.69) is 18.2 Å². The molecule has 0 bridgehead atoms. The van der Waals surface area contributed by atoms with Crippen molar-refractivity contribution in [3.8, 4) is 0 Å². The molecule has 0 aromatic heterocycles. The van der Waals surface area contributed by atoms with E-state index in [4.69, 9.17) is 5.73 Å². The number of nitrogens with two attached hydrogens (primary N) is 1. The summed E-state index contributed by atoms with van der Waals surface area (Å²) in [4.78, 5) is 0. The van der Waals surface area contributed by atoms with Crippen LogP contribution in [0.3, 0.4) is 0 Å². The second-order valence-electron chi connectivity index (χ2n) is 2.38. The van der Waals surface area contributed by atoms with Crippen LogP contribution in [0, 0.1) is 0 Å². The topological polar surface area (TPSA) is 26.0 Å². The smallest absolute Gasteiger partial charge is 0.0180 e. The summed E-state index contributed by atoms with van der Waals surface area (Å²) < 4.78 is 0. The van der Waals surface area contributed by atoms with Gasteiger partial charge >= 0.3 is 0 Å². The van der Waals surface area contributed by atoms with Crippen LogP contribution in [0.5, 0.6) is 0 Å². The van der Waals surface area contributed by atoms with Crippen molar-refractivity contribution in [3.63, 3.8) is 0 Å². The number of allylic oxidation sites excluding steroid dienone is 1. The predicted octanol–water partition coefficient (Wildman–Crippen LogP) is 2.05. The maximum atomic E-state index is 5.55. The van der Waals surface area contributed by atoms with E-state index in [9.17, 15) is 0 Å². The molecule has 0 radical (unpaired) electrons. The maximum absolute atomic E-state index is 5.55. The number of benzene rings is 1. The fourth-order valence-electron chi connectivity index (χ4n) is 1.05. The van der Waals surface area contributed by atoms with E-state index in [1.807, 2.05) is 25.1 Å². The molecule has 1 aromatic carbocycles. The van der Waals surface area contributed by atoms with Gasteiger partial charge in [0.2, 0.25) is 0 Å². The Morgan fingerprint density at radius 1 is 1.36 bits per heavy atom. The van der Waals surface area contributed by atoms with Gasteiger partial charge in [-0.25, -0.2) is 0 Å². The van der Waals surface area contributed by atoms with E-state index in [0.29, 0.717) is 6.54 Å². The highest BCUT2D eigenvalue weighted by Gasteiger charge is 1.94. The summed E-state index contributed by atoms with van der Waals surface area (Å²) in [7, 11) is 0. The third-order valence-corrected chi connectivity index (χ3v) is 1.71. The first-order valence-corrected chi connectivity index (χ1v) is 3.79. The normalized spacial score (nSPS) is 11.6. The zero-order valence-electron chi connectivity index (χ0n) is 6.75. The van der Waals surface area contributed by atoms with Crippen LogP contribution >= 0.6 is 0 Å². The second-order valence-corrected chi connectivity index (χ2v) is 2.38. The summed E-state index contributed by atoms with van der Waals surface area (Å²) >= 11 is 0. The molecule has 0 fully saturated rings. The third kappa shape index (κ3) is 1.92. The van der Waals surface area contributed by atoms with E-state index in [-0.39, 0.29) is 0 Å². The van der Waals surface area contributed by atoms with Gasteiger partial charge in [-0.2, -0.15) is 0 Å². The highest BCUT2D eigenvalue weighted by atomic mass is 14.5. The largest absolute Gasteiger partial charge is 0.326 e. The van der Waals surface area contributed by atoms with Crippen LogP contribution in [-0.4, -0.2) is 6.54 Å². The first-order chi connectivity index (χ1) is 5.38. The molecule has 1 aromatic rings. The van der Waals surface area contributed by atoms with Gasteiger partial charge < -0.3 is 5.73 Å². The SMILES string of the molecule is C/C=C(/CN)c1ccccc1. The van der Waals surface area contributed by atoms with Crippen molar-refractivity contribution < 1.29 is 0 Å². The van der Waals surface area contributed by atoms with Crippen molar-refractivity contribution in [2.75, 3.05) is 6.54 Å². The van der Waals surface area contributed by atoms with Gasteiger partial charge in [-0.1, -0.05) is 36.4 Å². The summed E-state index contributed by atoms with van der Waals surface area (Å²) in [5.41, 5.74) is 7.97. The van der Waals surface area contributed by atoms with Gasteiger partial charge in [0.05, 0.1) is 0 Å². The molecule has 2 N–H and O–H groups in total. The summed E-state index contributed by atoms with van der Waals surface area (Å²) in [5, 5.41) is 0. The molecule has 11 heavy (non-hydrogen) atoms. The molecule has 1 heteroatoms. The van der Waals surface area contributed by atoms with Gasteiger partial charge in [-0.05, 0) is 18.1 Å². The monoisotopic (exact) mass is 147 g/mol. The van der Waals surface area contributed by atoms with Gasteiger partial charge in [0.25, 0.3) is 0 Å². The molecule has 0 spiro atoms. The van der Waals surface area contributed by atoms with Gasteiger partial charge in [-0.15, -0.1) is 0 Å². The molecule has 0 saturated heterocycles. The van der Waals surface area contributed by atoms with Crippen molar-refractivity contribution in [1.82, 2.24) is 0 Å². The van der Waals surface area contributed by atoms with Crippen LogP contribution in [0.25, 0.3) is 5.57 Å². The summed E-state index contributed by atoms with van der Waals surface area (Å²) in [6, 6.07) is 10.2. The fourth-order valence-corrected chi connectivity index (χ4v) is 1.05. The van der Waals surface area contributed by atoms with Crippen molar-refractivity contribution >= 4 is 5.57 Å². The summed E-state index contributed by atoms with van der Waals surface area (Å²) in [6.07, 6.45) is 2.05. The molecule has 0 heterocycles. The van der Waals surface area contributed by atoms with E-state index in [0.717, 1.165) is 0 Å². The van der Waals surface area contributed by atoms with Crippen molar-refractivity contribution in [1.29, 1.82) is 0 Å². The van der Waals surface area contributed by atoms with E-state index >= 15 is 0 Å². The van der Waals surface area contributed by atoms with Gasteiger partial charge in [-0.3, -0.25) is 0 Å². The van der Waals surface area contributed by atoms with Crippen LogP contribution in [-0.2, 0) is 0 Å². The predicted molar refractivity (Wildman–Crippen MR) is 49.1 cm³/mol. The Morgan fingerprint density at radius 3 is 2.45 bits per heavy atom. The fraction of sp³-hybridized carbons (Fsp3) is 0.200. The van der Waals surface area contributed by atoms with Crippen molar-refractivity contribution in [2.24, 2.45) is 5.73 Å². The highest BCUT2D eigenvalue weighted by molar-refractivity contribution is 5.66. The highest BCUT2D eigenvalue weighted by Crippen LogP contribution is 2.11. The minimum absolute atomic E-state index is 0.612. The average Bonchev–Trinajstić information content (AvgIpc) is 2.09. The zero-order valence-corrected chi connectivity index (χ0v) is 6.75. The van der Waals surface area contributed by atoms with Crippen LogP contribution in [0.2, 0.25) is 0 Å². The van der Waals surface area contributed by atoms with Gasteiger partial charge in [0, 0.05) is 6.54 Å². The quantitative estimate of drug-likeness (QED) is 0.680. The molecule has 1 nitrogen and oxygen atoms in total. The zero-order chi connectivity index (χ0) is 8.10. The minimum atomic E-state index is 0.612. The number of hydrogen-bond acceptors (Lipinski definition) is 1. The van der Waals surface area contributed by atoms with Crippen molar-refractivity contribution in [2.45, 2.75) is 6.92 Å². The Labute approximate surface area is 67.5 Å². The molecule has 0 aliphatic carbocycles. The van der Waals surface area contributed by atoms with Crippen molar-refractivity contribution in [3.05, 3.63) is 42.0 Å². The Hall–Kier alpha value is -1.08. The maximum Gasteiger partial charge on any atom is 0.0180 e. The van der Waals surface area contributed by atoms with E-state index in [1.165, 1.54) is 11.1 Å². The molecule has 0 aliphatic rings. The van der Waals surface area contributed by atoms with Crippen LogP contribution in [0.1, 0.15) is 12.5 Å². The lowest BCUT2D eigenvalue weighted by atomic mass is 10.1. The van der Waals surface area contributed by atoms with Gasteiger partial charge in [0.1, 0.15) is 0 Å². The Balaban J connectivity index is 2.92. The lowest BCUT2D eigenvalue weighted by Gasteiger charge is -2.01. The molecular weight excluding hydrogens is 134 g/mol. The molecule has 0 unspecified atom stereocenters. The van der Waals surface area contributed by atoms with Crippen LogP contribution in [0.4, 0.5) is 0 Å². The van der Waals surface area contributed by atoms with Crippen LogP contribution in [0.15, 0.2) is 36.4 Å². The standard InChI is InChI=1S/C10H13N/c1-2-9(8-11)10-6-4-3-5-7-10/h2-7H,8,11H2,1H3/b9-2-. The third-order valence-electron chi connectivity index (χ3n) is 1.71.